The third-order valence-electron chi connectivity index (χ3n) is 5.11. The number of ether oxygens (including phenoxy) is 4. The van der Waals surface area contributed by atoms with Crippen LogP contribution < -0.4 is 5.32 Å². The number of morpholine rings is 1. The van der Waals surface area contributed by atoms with Crippen molar-refractivity contribution in [1.29, 1.82) is 0 Å². The number of aliphatic imine (C=N–C) groups is 1. The molecule has 0 aromatic heterocycles. The lowest BCUT2D eigenvalue weighted by Gasteiger charge is -2.37. The summed E-state index contributed by atoms with van der Waals surface area (Å²) in [4.78, 5) is 6.72. The van der Waals surface area contributed by atoms with E-state index in [9.17, 15) is 0 Å². The molecule has 0 bridgehead atoms. The Morgan fingerprint density at radius 3 is 2.81 bits per heavy atom. The van der Waals surface area contributed by atoms with E-state index in [4.69, 9.17) is 18.9 Å². The number of hydrogen-bond donors (Lipinski definition) is 1. The Morgan fingerprint density at radius 1 is 1.19 bits per heavy atom. The van der Waals surface area contributed by atoms with Crippen molar-refractivity contribution in [2.75, 3.05) is 66.3 Å². The molecule has 3 saturated heterocycles. The summed E-state index contributed by atoms with van der Waals surface area (Å²) in [5, 5.41) is 3.45. The van der Waals surface area contributed by atoms with E-state index in [-0.39, 0.29) is 36.2 Å². The third-order valence-corrected chi connectivity index (χ3v) is 5.11. The summed E-state index contributed by atoms with van der Waals surface area (Å²) in [6.45, 7) is 7.54. The minimum absolute atomic E-state index is 0. The van der Waals surface area contributed by atoms with Gasteiger partial charge in [-0.2, -0.15) is 0 Å². The molecule has 0 saturated carbocycles. The lowest BCUT2D eigenvalue weighted by Crippen LogP contribution is -2.53. The number of guanidine groups is 1. The summed E-state index contributed by atoms with van der Waals surface area (Å²) in [6, 6.07) is 0. The van der Waals surface area contributed by atoms with Crippen molar-refractivity contribution in [3.8, 4) is 0 Å². The first kappa shape index (κ1) is 22.1. The lowest BCUT2D eigenvalue weighted by atomic mass is 10.1. The standard InChI is InChI=1S/C18H33N3O4.HI/c1-19-18(20-6-3-8-22-13-15-5-10-23-14-15)21-7-11-25-17(12-21)16-4-2-9-24-16;/h15-17H,2-14H2,1H3,(H,19,20);1H. The number of nitrogens with one attached hydrogen (secondary N) is 1. The second kappa shape index (κ2) is 12.3. The van der Waals surface area contributed by atoms with E-state index in [1.807, 2.05) is 7.05 Å². The minimum atomic E-state index is 0. The monoisotopic (exact) mass is 483 g/mol. The van der Waals surface area contributed by atoms with Crippen molar-refractivity contribution in [2.45, 2.75) is 37.9 Å². The summed E-state index contributed by atoms with van der Waals surface area (Å²) in [6.07, 6.45) is 4.76. The van der Waals surface area contributed by atoms with E-state index in [0.717, 1.165) is 90.9 Å². The van der Waals surface area contributed by atoms with Crippen LogP contribution in [0.25, 0.3) is 0 Å². The van der Waals surface area contributed by atoms with Gasteiger partial charge in [0.2, 0.25) is 0 Å². The number of hydrogen-bond acceptors (Lipinski definition) is 5. The third kappa shape index (κ3) is 6.78. The van der Waals surface area contributed by atoms with Crippen molar-refractivity contribution in [3.63, 3.8) is 0 Å². The molecule has 152 valence electrons. The highest BCUT2D eigenvalue weighted by molar-refractivity contribution is 14.0. The van der Waals surface area contributed by atoms with E-state index in [1.54, 1.807) is 0 Å². The molecule has 0 spiro atoms. The highest BCUT2D eigenvalue weighted by Gasteiger charge is 2.32. The average Bonchev–Trinajstić information content (AvgIpc) is 3.35. The molecule has 3 aliphatic rings. The molecule has 0 amide bonds. The molecule has 3 heterocycles. The topological polar surface area (TPSA) is 64.6 Å². The van der Waals surface area contributed by atoms with Gasteiger partial charge in [-0.3, -0.25) is 4.99 Å². The van der Waals surface area contributed by atoms with Gasteiger partial charge in [0.05, 0.1) is 25.9 Å². The van der Waals surface area contributed by atoms with Crippen LogP contribution in [0.4, 0.5) is 0 Å². The van der Waals surface area contributed by atoms with Crippen molar-refractivity contribution >= 4 is 29.9 Å². The maximum Gasteiger partial charge on any atom is 0.193 e. The van der Waals surface area contributed by atoms with Crippen molar-refractivity contribution in [3.05, 3.63) is 0 Å². The van der Waals surface area contributed by atoms with Gasteiger partial charge in [0.25, 0.3) is 0 Å². The van der Waals surface area contributed by atoms with Crippen LogP contribution in [0, 0.1) is 5.92 Å². The highest BCUT2D eigenvalue weighted by atomic mass is 127. The molecule has 3 fully saturated rings. The zero-order valence-electron chi connectivity index (χ0n) is 15.9. The van der Waals surface area contributed by atoms with Crippen LogP contribution >= 0.6 is 24.0 Å². The molecular formula is C18H34IN3O4. The number of halogens is 1. The zero-order valence-corrected chi connectivity index (χ0v) is 18.2. The van der Waals surface area contributed by atoms with Crippen molar-refractivity contribution in [2.24, 2.45) is 10.9 Å². The van der Waals surface area contributed by atoms with Crippen LogP contribution in [0.2, 0.25) is 0 Å². The second-order valence-corrected chi connectivity index (χ2v) is 7.04. The molecule has 0 aromatic carbocycles. The molecule has 0 radical (unpaired) electrons. The molecule has 0 aliphatic carbocycles. The van der Waals surface area contributed by atoms with E-state index in [2.05, 4.69) is 15.2 Å². The summed E-state index contributed by atoms with van der Waals surface area (Å²) >= 11 is 0. The predicted octanol–water partition coefficient (Wildman–Crippen LogP) is 1.50. The smallest absolute Gasteiger partial charge is 0.193 e. The van der Waals surface area contributed by atoms with Gasteiger partial charge in [-0.15, -0.1) is 24.0 Å². The Kier molecular flexibility index (Phi) is 10.5. The average molecular weight is 483 g/mol. The summed E-state index contributed by atoms with van der Waals surface area (Å²) in [5.74, 6) is 1.54. The van der Waals surface area contributed by atoms with Crippen LogP contribution in [0.15, 0.2) is 4.99 Å². The van der Waals surface area contributed by atoms with Gasteiger partial charge in [0.1, 0.15) is 6.10 Å². The fourth-order valence-corrected chi connectivity index (χ4v) is 3.66. The SMILES string of the molecule is CN=C(NCCCOCC1CCOC1)N1CCOC(C2CCCO2)C1.I. The molecular weight excluding hydrogens is 449 g/mol. The van der Waals surface area contributed by atoms with Crippen LogP contribution in [-0.2, 0) is 18.9 Å². The maximum atomic E-state index is 5.91. The van der Waals surface area contributed by atoms with E-state index in [1.165, 1.54) is 0 Å². The van der Waals surface area contributed by atoms with E-state index >= 15 is 0 Å². The summed E-state index contributed by atoms with van der Waals surface area (Å²) < 4.78 is 22.8. The molecule has 7 nitrogen and oxygen atoms in total. The normalized spacial score (nSPS) is 29.7. The molecule has 3 rings (SSSR count). The van der Waals surface area contributed by atoms with Gasteiger partial charge in [-0.1, -0.05) is 0 Å². The Morgan fingerprint density at radius 2 is 2.08 bits per heavy atom. The fraction of sp³-hybridized carbons (Fsp3) is 0.944. The molecule has 3 unspecified atom stereocenters. The van der Waals surface area contributed by atoms with E-state index < -0.39 is 0 Å². The van der Waals surface area contributed by atoms with Crippen LogP contribution in [0.1, 0.15) is 25.7 Å². The van der Waals surface area contributed by atoms with Gasteiger partial charge >= 0.3 is 0 Å². The van der Waals surface area contributed by atoms with Crippen molar-refractivity contribution < 1.29 is 18.9 Å². The highest BCUT2D eigenvalue weighted by Crippen LogP contribution is 2.21. The Balaban J connectivity index is 0.00000243. The first-order valence-electron chi connectivity index (χ1n) is 9.71. The zero-order chi connectivity index (χ0) is 17.3. The molecule has 0 aromatic rings. The fourth-order valence-electron chi connectivity index (χ4n) is 3.66. The number of rotatable bonds is 7. The first-order valence-corrected chi connectivity index (χ1v) is 9.71. The van der Waals surface area contributed by atoms with Gasteiger partial charge in [0, 0.05) is 52.4 Å². The first-order chi connectivity index (χ1) is 12.4. The molecule has 26 heavy (non-hydrogen) atoms. The minimum Gasteiger partial charge on any atom is -0.381 e. The van der Waals surface area contributed by atoms with Crippen LogP contribution in [0.3, 0.4) is 0 Å². The lowest BCUT2D eigenvalue weighted by molar-refractivity contribution is -0.0817. The molecule has 1 N–H and O–H groups in total. The number of nitrogens with zero attached hydrogens (tertiary/aromatic N) is 2. The van der Waals surface area contributed by atoms with Crippen LogP contribution in [-0.4, -0.2) is 89.4 Å². The summed E-state index contributed by atoms with van der Waals surface area (Å²) in [7, 11) is 1.84. The predicted molar refractivity (Wildman–Crippen MR) is 111 cm³/mol. The Bertz CT molecular complexity index is 415. The Hall–Kier alpha value is -0.160. The van der Waals surface area contributed by atoms with Crippen molar-refractivity contribution in [1.82, 2.24) is 10.2 Å². The summed E-state index contributed by atoms with van der Waals surface area (Å²) in [5.41, 5.74) is 0. The van der Waals surface area contributed by atoms with Gasteiger partial charge in [-0.25, -0.2) is 0 Å². The quantitative estimate of drug-likeness (QED) is 0.256. The maximum absolute atomic E-state index is 5.91. The molecule has 8 heteroatoms. The van der Waals surface area contributed by atoms with Gasteiger partial charge in [-0.05, 0) is 25.7 Å². The second-order valence-electron chi connectivity index (χ2n) is 7.04. The molecule has 3 atom stereocenters. The van der Waals surface area contributed by atoms with E-state index in [0.29, 0.717) is 5.92 Å². The molecule has 3 aliphatic heterocycles. The van der Waals surface area contributed by atoms with Gasteiger partial charge in [0.15, 0.2) is 5.96 Å². The Labute approximate surface area is 174 Å². The van der Waals surface area contributed by atoms with Gasteiger partial charge < -0.3 is 29.2 Å². The largest absolute Gasteiger partial charge is 0.381 e. The van der Waals surface area contributed by atoms with Crippen LogP contribution in [0.5, 0.6) is 0 Å².